The van der Waals surface area contributed by atoms with Gasteiger partial charge < -0.3 is 10.2 Å². The van der Waals surface area contributed by atoms with Gasteiger partial charge in [0.25, 0.3) is 0 Å². The molecular weight excluding hydrogens is 234 g/mol. The molecule has 0 spiro atoms. The van der Waals surface area contributed by atoms with E-state index in [-0.39, 0.29) is 0 Å². The van der Waals surface area contributed by atoms with Gasteiger partial charge in [-0.05, 0) is 44.5 Å². The van der Waals surface area contributed by atoms with Crippen molar-refractivity contribution in [3.63, 3.8) is 0 Å². The lowest BCUT2D eigenvalue weighted by Gasteiger charge is -2.36. The normalized spacial score (nSPS) is 20.7. The van der Waals surface area contributed by atoms with Gasteiger partial charge in [-0.2, -0.15) is 0 Å². The number of piperazine rings is 1. The molecule has 19 heavy (non-hydrogen) atoms. The van der Waals surface area contributed by atoms with E-state index in [1.165, 1.54) is 64.2 Å². The molecule has 0 radical (unpaired) electrons. The lowest BCUT2D eigenvalue weighted by atomic mass is 10.2. The molecule has 104 valence electrons. The summed E-state index contributed by atoms with van der Waals surface area (Å²) in [5.41, 5.74) is 1.37. The Bertz CT molecular complexity index is 367. The fourth-order valence-electron chi connectivity index (χ4n) is 2.76. The molecule has 2 aliphatic rings. The van der Waals surface area contributed by atoms with E-state index in [0.29, 0.717) is 0 Å². The van der Waals surface area contributed by atoms with Crippen LogP contribution in [0, 0.1) is 0 Å². The van der Waals surface area contributed by atoms with Crippen LogP contribution in [0.1, 0.15) is 19.3 Å². The summed E-state index contributed by atoms with van der Waals surface area (Å²) < 4.78 is 0. The van der Waals surface area contributed by atoms with Gasteiger partial charge in [-0.25, -0.2) is 0 Å². The van der Waals surface area contributed by atoms with Gasteiger partial charge in [-0.15, -0.1) is 0 Å². The zero-order valence-corrected chi connectivity index (χ0v) is 11.7. The van der Waals surface area contributed by atoms with E-state index in [0.717, 1.165) is 6.04 Å². The van der Waals surface area contributed by atoms with Crippen molar-refractivity contribution in [3.05, 3.63) is 30.3 Å². The molecule has 1 aromatic carbocycles. The predicted molar refractivity (Wildman–Crippen MR) is 80.7 cm³/mol. The van der Waals surface area contributed by atoms with Gasteiger partial charge in [0.15, 0.2) is 0 Å². The fraction of sp³-hybridized carbons (Fsp3) is 0.625. The van der Waals surface area contributed by atoms with Crippen LogP contribution in [0.5, 0.6) is 0 Å². The third kappa shape index (κ3) is 3.95. The topological polar surface area (TPSA) is 18.5 Å². The highest BCUT2D eigenvalue weighted by atomic mass is 15.3. The number of hydrogen-bond donors (Lipinski definition) is 1. The molecule has 1 saturated heterocycles. The van der Waals surface area contributed by atoms with Gasteiger partial charge in [-0.3, -0.25) is 4.90 Å². The van der Waals surface area contributed by atoms with Crippen LogP contribution in [0.2, 0.25) is 0 Å². The van der Waals surface area contributed by atoms with Crippen molar-refractivity contribution in [2.75, 3.05) is 44.2 Å². The summed E-state index contributed by atoms with van der Waals surface area (Å²) in [5.74, 6) is 0. The maximum absolute atomic E-state index is 3.59. The average Bonchev–Trinajstić information content (AvgIpc) is 3.29. The average molecular weight is 259 g/mol. The molecule has 0 amide bonds. The summed E-state index contributed by atoms with van der Waals surface area (Å²) in [5, 5.41) is 3.59. The lowest BCUT2D eigenvalue weighted by Crippen LogP contribution is -2.47. The minimum absolute atomic E-state index is 0.856. The van der Waals surface area contributed by atoms with Gasteiger partial charge in [0.2, 0.25) is 0 Å². The highest BCUT2D eigenvalue weighted by Gasteiger charge is 2.20. The van der Waals surface area contributed by atoms with Crippen molar-refractivity contribution in [1.29, 1.82) is 0 Å². The number of para-hydroxylation sites is 1. The quantitative estimate of drug-likeness (QED) is 0.788. The second-order valence-electron chi connectivity index (χ2n) is 5.75. The van der Waals surface area contributed by atoms with E-state index in [9.17, 15) is 0 Å². The zero-order chi connectivity index (χ0) is 12.9. The predicted octanol–water partition coefficient (Wildman–Crippen LogP) is 1.95. The highest BCUT2D eigenvalue weighted by Crippen LogP contribution is 2.18. The standard InChI is InChI=1S/C16H25N3/c1-2-5-16(6-3-1)19-13-11-18(12-14-19)10-4-9-17-15-7-8-15/h1-3,5-6,15,17H,4,7-14H2. The molecule has 1 heterocycles. The number of nitrogens with zero attached hydrogens (tertiary/aromatic N) is 2. The molecule has 3 nitrogen and oxygen atoms in total. The van der Waals surface area contributed by atoms with Crippen LogP contribution in [0.15, 0.2) is 30.3 Å². The summed E-state index contributed by atoms with van der Waals surface area (Å²) >= 11 is 0. The Labute approximate surface area is 116 Å². The van der Waals surface area contributed by atoms with Gasteiger partial charge in [-0.1, -0.05) is 18.2 Å². The monoisotopic (exact) mass is 259 g/mol. The second-order valence-corrected chi connectivity index (χ2v) is 5.75. The molecule has 3 heteroatoms. The summed E-state index contributed by atoms with van der Waals surface area (Å²) in [7, 11) is 0. The fourth-order valence-corrected chi connectivity index (χ4v) is 2.76. The highest BCUT2D eigenvalue weighted by molar-refractivity contribution is 5.46. The number of anilines is 1. The maximum atomic E-state index is 3.59. The minimum atomic E-state index is 0.856. The first-order valence-corrected chi connectivity index (χ1v) is 7.67. The van der Waals surface area contributed by atoms with E-state index in [2.05, 4.69) is 45.4 Å². The SMILES string of the molecule is c1ccc(N2CCN(CCCNC3CC3)CC2)cc1. The summed E-state index contributed by atoms with van der Waals surface area (Å²) in [6.07, 6.45) is 4.09. The van der Waals surface area contributed by atoms with Crippen LogP contribution >= 0.6 is 0 Å². The first-order chi connectivity index (χ1) is 9.42. The van der Waals surface area contributed by atoms with Crippen molar-refractivity contribution in [2.24, 2.45) is 0 Å². The van der Waals surface area contributed by atoms with Gasteiger partial charge in [0, 0.05) is 37.9 Å². The number of hydrogen-bond acceptors (Lipinski definition) is 3. The zero-order valence-electron chi connectivity index (χ0n) is 11.7. The van der Waals surface area contributed by atoms with E-state index in [1.54, 1.807) is 0 Å². The molecular formula is C16H25N3. The first kappa shape index (κ1) is 12.9. The lowest BCUT2D eigenvalue weighted by molar-refractivity contribution is 0.254. The van der Waals surface area contributed by atoms with Crippen LogP contribution in [0.25, 0.3) is 0 Å². The van der Waals surface area contributed by atoms with E-state index in [1.807, 2.05) is 0 Å². The molecule has 1 aromatic rings. The Morgan fingerprint density at radius 2 is 1.74 bits per heavy atom. The van der Waals surface area contributed by atoms with Crippen LogP contribution in [-0.2, 0) is 0 Å². The number of nitrogens with one attached hydrogen (secondary N) is 1. The molecule has 0 bridgehead atoms. The van der Waals surface area contributed by atoms with Crippen molar-refractivity contribution in [2.45, 2.75) is 25.3 Å². The van der Waals surface area contributed by atoms with Gasteiger partial charge in [0.1, 0.15) is 0 Å². The number of benzene rings is 1. The van der Waals surface area contributed by atoms with Gasteiger partial charge in [0.05, 0.1) is 0 Å². The molecule has 1 saturated carbocycles. The Kier molecular flexibility index (Phi) is 4.36. The minimum Gasteiger partial charge on any atom is -0.369 e. The molecule has 0 atom stereocenters. The Morgan fingerprint density at radius 1 is 1.00 bits per heavy atom. The van der Waals surface area contributed by atoms with Crippen molar-refractivity contribution in [1.82, 2.24) is 10.2 Å². The maximum Gasteiger partial charge on any atom is 0.0367 e. The van der Waals surface area contributed by atoms with E-state index >= 15 is 0 Å². The van der Waals surface area contributed by atoms with E-state index in [4.69, 9.17) is 0 Å². The number of rotatable bonds is 6. The van der Waals surface area contributed by atoms with Crippen LogP contribution in [0.3, 0.4) is 0 Å². The summed E-state index contributed by atoms with van der Waals surface area (Å²) in [6.45, 7) is 7.20. The largest absolute Gasteiger partial charge is 0.369 e. The first-order valence-electron chi connectivity index (χ1n) is 7.67. The molecule has 0 aromatic heterocycles. The van der Waals surface area contributed by atoms with E-state index < -0.39 is 0 Å². The molecule has 1 N–H and O–H groups in total. The van der Waals surface area contributed by atoms with Crippen LogP contribution in [-0.4, -0.2) is 50.2 Å². The Hall–Kier alpha value is -1.06. The summed E-state index contributed by atoms with van der Waals surface area (Å²) in [4.78, 5) is 5.10. The molecule has 1 aliphatic carbocycles. The second kappa shape index (κ2) is 6.40. The Balaban J connectivity index is 1.34. The van der Waals surface area contributed by atoms with Gasteiger partial charge >= 0.3 is 0 Å². The summed E-state index contributed by atoms with van der Waals surface area (Å²) in [6, 6.07) is 11.6. The Morgan fingerprint density at radius 3 is 2.42 bits per heavy atom. The van der Waals surface area contributed by atoms with Crippen molar-refractivity contribution >= 4 is 5.69 Å². The molecule has 2 fully saturated rings. The third-order valence-corrected chi connectivity index (χ3v) is 4.16. The van der Waals surface area contributed by atoms with Crippen LogP contribution in [0.4, 0.5) is 5.69 Å². The molecule has 3 rings (SSSR count). The van der Waals surface area contributed by atoms with Crippen molar-refractivity contribution < 1.29 is 0 Å². The third-order valence-electron chi connectivity index (χ3n) is 4.16. The van der Waals surface area contributed by atoms with Crippen LogP contribution < -0.4 is 10.2 Å². The molecule has 0 unspecified atom stereocenters. The van der Waals surface area contributed by atoms with Crippen molar-refractivity contribution in [3.8, 4) is 0 Å². The molecule has 1 aliphatic heterocycles. The smallest absolute Gasteiger partial charge is 0.0367 e.